The van der Waals surface area contributed by atoms with Crippen molar-refractivity contribution in [2.45, 2.75) is 17.7 Å². The second-order valence-corrected chi connectivity index (χ2v) is 5.51. The topological polar surface area (TPSA) is 63.6 Å². The van der Waals surface area contributed by atoms with Gasteiger partial charge in [-0.25, -0.2) is 0 Å². The third kappa shape index (κ3) is 1.41. The van der Waals surface area contributed by atoms with Crippen molar-refractivity contribution < 1.29 is 19.4 Å². The second kappa shape index (κ2) is 3.87. The van der Waals surface area contributed by atoms with Crippen molar-refractivity contribution in [3.63, 3.8) is 0 Å². The van der Waals surface area contributed by atoms with Gasteiger partial charge in [-0.1, -0.05) is 28.1 Å². The number of carboxylic acid groups (broad SMARTS) is 1. The van der Waals surface area contributed by atoms with E-state index in [2.05, 4.69) is 15.9 Å². The number of halogens is 1. The summed E-state index contributed by atoms with van der Waals surface area (Å²) in [7, 11) is 0. The van der Waals surface area contributed by atoms with E-state index in [-0.39, 0.29) is 18.4 Å². The maximum Gasteiger partial charge on any atom is 0.324 e. The molecular formula is C11H13BrO4. The molecule has 88 valence electrons. The Labute approximate surface area is 102 Å². The van der Waals surface area contributed by atoms with Crippen LogP contribution in [0.4, 0.5) is 0 Å². The predicted octanol–water partition coefficient (Wildman–Crippen LogP) is 1.59. The van der Waals surface area contributed by atoms with Gasteiger partial charge in [0.15, 0.2) is 0 Å². The van der Waals surface area contributed by atoms with E-state index in [1.54, 1.807) is 6.92 Å². The van der Waals surface area contributed by atoms with E-state index < -0.39 is 22.2 Å². The molecule has 4 nitrogen and oxygen atoms in total. The summed E-state index contributed by atoms with van der Waals surface area (Å²) in [5, 5.41) is 9.22. The molecule has 0 aromatic carbocycles. The van der Waals surface area contributed by atoms with Crippen molar-refractivity contribution in [2.24, 2.45) is 17.8 Å². The van der Waals surface area contributed by atoms with E-state index >= 15 is 0 Å². The number of esters is 1. The molecule has 5 heteroatoms. The minimum absolute atomic E-state index is 0.0636. The van der Waals surface area contributed by atoms with Crippen LogP contribution in [0, 0.1) is 17.8 Å². The zero-order chi connectivity index (χ0) is 11.9. The Hall–Kier alpha value is -0.840. The van der Waals surface area contributed by atoms with E-state index in [4.69, 9.17) is 4.74 Å². The minimum atomic E-state index is -1.08. The standard InChI is InChI=1S/C11H13BrO4/c1-2-16-10(15)11(12)7-4-3-6(5-7)8(11)9(13)14/h3-4,6-8H,2,5H2,1H3,(H,13,14). The number of alkyl halides is 1. The van der Waals surface area contributed by atoms with Crippen LogP contribution in [-0.4, -0.2) is 28.0 Å². The van der Waals surface area contributed by atoms with E-state index in [1.165, 1.54) is 0 Å². The molecule has 2 rings (SSSR count). The Bertz CT molecular complexity index is 365. The van der Waals surface area contributed by atoms with E-state index in [0.29, 0.717) is 6.42 Å². The maximum absolute atomic E-state index is 11.9. The smallest absolute Gasteiger partial charge is 0.324 e. The Balaban J connectivity index is 2.34. The number of rotatable bonds is 3. The molecule has 0 heterocycles. The van der Waals surface area contributed by atoms with E-state index in [0.717, 1.165) is 0 Å². The zero-order valence-corrected chi connectivity index (χ0v) is 10.4. The first-order valence-corrected chi connectivity index (χ1v) is 6.08. The number of aliphatic carboxylic acids is 1. The normalized spacial score (nSPS) is 40.0. The molecule has 0 saturated heterocycles. The molecule has 1 N–H and O–H groups in total. The Morgan fingerprint density at radius 3 is 2.81 bits per heavy atom. The summed E-state index contributed by atoms with van der Waals surface area (Å²) in [6, 6.07) is 0. The summed E-state index contributed by atoms with van der Waals surface area (Å²) in [6.07, 6.45) is 4.51. The zero-order valence-electron chi connectivity index (χ0n) is 8.85. The number of carbonyl (C=O) groups is 2. The highest BCUT2D eigenvalue weighted by Gasteiger charge is 2.63. The quantitative estimate of drug-likeness (QED) is 0.487. The lowest BCUT2D eigenvalue weighted by Gasteiger charge is -2.31. The number of hydrogen-bond donors (Lipinski definition) is 1. The average molecular weight is 289 g/mol. The van der Waals surface area contributed by atoms with Crippen molar-refractivity contribution in [1.29, 1.82) is 0 Å². The fraction of sp³-hybridized carbons (Fsp3) is 0.636. The van der Waals surface area contributed by atoms with Gasteiger partial charge < -0.3 is 9.84 Å². The van der Waals surface area contributed by atoms with E-state index in [1.807, 2.05) is 12.2 Å². The van der Waals surface area contributed by atoms with Crippen LogP contribution in [0.25, 0.3) is 0 Å². The van der Waals surface area contributed by atoms with Gasteiger partial charge in [-0.3, -0.25) is 9.59 Å². The molecular weight excluding hydrogens is 276 g/mol. The summed E-state index contributed by atoms with van der Waals surface area (Å²) in [6.45, 7) is 1.98. The molecule has 2 aliphatic carbocycles. The fourth-order valence-corrected chi connectivity index (χ4v) is 3.70. The van der Waals surface area contributed by atoms with Gasteiger partial charge in [0, 0.05) is 5.92 Å². The van der Waals surface area contributed by atoms with Gasteiger partial charge in [0.25, 0.3) is 0 Å². The molecule has 4 atom stereocenters. The second-order valence-electron chi connectivity index (χ2n) is 4.20. The highest BCUT2D eigenvalue weighted by atomic mass is 79.9. The highest BCUT2D eigenvalue weighted by molar-refractivity contribution is 9.10. The Morgan fingerprint density at radius 2 is 2.25 bits per heavy atom. The molecule has 0 aliphatic heterocycles. The van der Waals surface area contributed by atoms with Gasteiger partial charge in [-0.05, 0) is 19.3 Å². The fourth-order valence-electron chi connectivity index (χ4n) is 2.71. The molecule has 2 aliphatic rings. The molecule has 16 heavy (non-hydrogen) atoms. The summed E-state index contributed by atoms with van der Waals surface area (Å²) in [5.41, 5.74) is 0. The molecule has 0 aromatic heterocycles. The van der Waals surface area contributed by atoms with Crippen molar-refractivity contribution >= 4 is 27.9 Å². The molecule has 1 saturated carbocycles. The summed E-state index contributed by atoms with van der Waals surface area (Å²) >= 11 is 3.33. The van der Waals surface area contributed by atoms with Crippen LogP contribution in [0.1, 0.15) is 13.3 Å². The summed E-state index contributed by atoms with van der Waals surface area (Å²) < 4.78 is 3.90. The number of carboxylic acids is 1. The molecule has 0 radical (unpaired) electrons. The van der Waals surface area contributed by atoms with Gasteiger partial charge in [0.1, 0.15) is 4.32 Å². The largest absolute Gasteiger partial charge is 0.481 e. The van der Waals surface area contributed by atoms with Crippen LogP contribution in [-0.2, 0) is 14.3 Å². The third-order valence-electron chi connectivity index (χ3n) is 3.39. The van der Waals surface area contributed by atoms with Crippen LogP contribution in [0.3, 0.4) is 0 Å². The molecule has 2 bridgehead atoms. The number of allylic oxidation sites excluding steroid dienone is 2. The summed E-state index contributed by atoms with van der Waals surface area (Å²) in [4.78, 5) is 23.1. The Kier molecular flexibility index (Phi) is 2.82. The number of ether oxygens (including phenoxy) is 1. The van der Waals surface area contributed by atoms with Gasteiger partial charge in [0.2, 0.25) is 0 Å². The van der Waals surface area contributed by atoms with Gasteiger partial charge in [-0.15, -0.1) is 0 Å². The van der Waals surface area contributed by atoms with Crippen molar-refractivity contribution in [2.75, 3.05) is 6.61 Å². The van der Waals surface area contributed by atoms with Crippen LogP contribution in [0.2, 0.25) is 0 Å². The predicted molar refractivity (Wildman–Crippen MR) is 60.2 cm³/mol. The third-order valence-corrected chi connectivity index (χ3v) is 4.80. The molecule has 0 aromatic rings. The lowest BCUT2D eigenvalue weighted by atomic mass is 9.83. The van der Waals surface area contributed by atoms with Crippen LogP contribution < -0.4 is 0 Å². The monoisotopic (exact) mass is 288 g/mol. The average Bonchev–Trinajstić information content (AvgIpc) is 2.76. The number of carbonyl (C=O) groups excluding carboxylic acids is 1. The van der Waals surface area contributed by atoms with E-state index in [9.17, 15) is 14.7 Å². The first-order valence-electron chi connectivity index (χ1n) is 5.29. The molecule has 1 fully saturated rings. The van der Waals surface area contributed by atoms with Gasteiger partial charge >= 0.3 is 11.9 Å². The van der Waals surface area contributed by atoms with Crippen molar-refractivity contribution in [3.05, 3.63) is 12.2 Å². The van der Waals surface area contributed by atoms with Crippen molar-refractivity contribution in [1.82, 2.24) is 0 Å². The molecule has 4 unspecified atom stereocenters. The summed E-state index contributed by atoms with van der Waals surface area (Å²) in [5.74, 6) is -2.26. The maximum atomic E-state index is 11.9. The number of fused-ring (bicyclic) bond motifs is 2. The van der Waals surface area contributed by atoms with Crippen LogP contribution >= 0.6 is 15.9 Å². The minimum Gasteiger partial charge on any atom is -0.481 e. The van der Waals surface area contributed by atoms with Crippen LogP contribution in [0.15, 0.2) is 12.2 Å². The lowest BCUT2D eigenvalue weighted by Crippen LogP contribution is -2.47. The van der Waals surface area contributed by atoms with Crippen molar-refractivity contribution in [3.8, 4) is 0 Å². The lowest BCUT2D eigenvalue weighted by molar-refractivity contribution is -0.155. The first kappa shape index (κ1) is 11.6. The SMILES string of the molecule is CCOC(=O)C1(Br)C2C=CC(C2)C1C(=O)O. The highest BCUT2D eigenvalue weighted by Crippen LogP contribution is 2.55. The first-order chi connectivity index (χ1) is 7.51. The Morgan fingerprint density at radius 1 is 1.56 bits per heavy atom. The molecule has 0 spiro atoms. The molecule has 0 amide bonds. The van der Waals surface area contributed by atoms with Crippen LogP contribution in [0.5, 0.6) is 0 Å². The van der Waals surface area contributed by atoms with Gasteiger partial charge in [0.05, 0.1) is 12.5 Å². The van der Waals surface area contributed by atoms with Gasteiger partial charge in [-0.2, -0.15) is 0 Å². The number of hydrogen-bond acceptors (Lipinski definition) is 3.